The molecule has 0 radical (unpaired) electrons. The number of carbonyl (C=O) groups is 4. The summed E-state index contributed by atoms with van der Waals surface area (Å²) in [6.45, 7) is 36.3. The minimum Gasteiger partial charge on any atom is -0.476 e. The van der Waals surface area contributed by atoms with Crippen molar-refractivity contribution in [3.8, 4) is 0 Å². The normalized spacial score (nSPS) is 15.9. The van der Waals surface area contributed by atoms with Gasteiger partial charge in [0.25, 0.3) is 11.8 Å². The largest absolute Gasteiger partial charge is 0.476 e. The van der Waals surface area contributed by atoms with E-state index in [1.54, 1.807) is 37.3 Å². The minimum absolute atomic E-state index is 0.132. The van der Waals surface area contributed by atoms with Crippen molar-refractivity contribution < 1.29 is 57.8 Å². The van der Waals surface area contributed by atoms with E-state index < -0.39 is 28.1 Å². The molecule has 113 heavy (non-hydrogen) atoms. The number of carboxylic acids is 2. The lowest BCUT2D eigenvalue weighted by molar-refractivity contribution is -0.0130. The number of ether oxygens (including phenoxy) is 6. The van der Waals surface area contributed by atoms with Crippen LogP contribution in [0.1, 0.15) is 159 Å². The molecular formula is C82H113N17O12Si2. The van der Waals surface area contributed by atoms with Crippen LogP contribution in [0.15, 0.2) is 128 Å². The number of benzene rings is 3. The van der Waals surface area contributed by atoms with Crippen LogP contribution < -0.4 is 16.4 Å². The molecule has 0 saturated heterocycles. The van der Waals surface area contributed by atoms with E-state index in [-0.39, 0.29) is 45.6 Å². The Morgan fingerprint density at radius 3 is 1.32 bits per heavy atom. The highest BCUT2D eigenvalue weighted by molar-refractivity contribution is 6.76. The number of carbonyl (C=O) groups excluding carboxylic acids is 2. The highest BCUT2D eigenvalue weighted by atomic mass is 28.3. The number of amides is 2. The zero-order valence-corrected chi connectivity index (χ0v) is 69.9. The van der Waals surface area contributed by atoms with Gasteiger partial charge in [0, 0.05) is 138 Å². The summed E-state index contributed by atoms with van der Waals surface area (Å²) in [7, 11) is -2.27. The van der Waals surface area contributed by atoms with Crippen molar-refractivity contribution in [2.45, 2.75) is 214 Å². The molecule has 606 valence electrons. The fourth-order valence-electron chi connectivity index (χ4n) is 13.4. The number of anilines is 3. The zero-order chi connectivity index (χ0) is 81.3. The number of hydrogen-bond acceptors (Lipinski definition) is 18. The molecule has 0 bridgehead atoms. The summed E-state index contributed by atoms with van der Waals surface area (Å²) < 4.78 is 43.7. The average Bonchev–Trinajstić information content (AvgIpc) is 1.76. The summed E-state index contributed by atoms with van der Waals surface area (Å²) in [6, 6.07) is 32.5. The maximum Gasteiger partial charge on any atom is 0.356 e. The number of nitrogens with one attached hydrogen (secondary N) is 4. The number of fused-ring (bicyclic) bond motifs is 4. The average molecular weight is 1590 g/mol. The van der Waals surface area contributed by atoms with Gasteiger partial charge in [-0.25, -0.2) is 19.0 Å². The van der Waals surface area contributed by atoms with Crippen molar-refractivity contribution >= 4 is 57.0 Å². The Morgan fingerprint density at radius 1 is 0.469 bits per heavy atom. The van der Waals surface area contributed by atoms with E-state index in [1.165, 1.54) is 5.56 Å². The number of carboxylic acid groups (broad SMARTS) is 2. The second-order valence-electron chi connectivity index (χ2n) is 33.7. The van der Waals surface area contributed by atoms with Gasteiger partial charge in [-0.15, -0.1) is 0 Å². The van der Waals surface area contributed by atoms with Crippen molar-refractivity contribution in [2.75, 3.05) is 56.0 Å². The maximum atomic E-state index is 12.8. The van der Waals surface area contributed by atoms with Crippen molar-refractivity contribution in [3.05, 3.63) is 213 Å². The molecule has 0 atom stereocenters. The molecule has 0 fully saturated rings. The van der Waals surface area contributed by atoms with Crippen LogP contribution in [0.3, 0.4) is 0 Å². The van der Waals surface area contributed by atoms with Crippen molar-refractivity contribution in [1.82, 2.24) is 69.3 Å². The van der Waals surface area contributed by atoms with Gasteiger partial charge in [-0.2, -0.15) is 35.7 Å². The standard InChI is InChI=1S/2C20H23N5O2.2C16H28N2O4Si.C10H11N3/c1-20(2)10-16-17(8-9-27-20)23-24-18(16)19(26)22-15-11-21-25(13-15)12-14-6-4-3-5-7-14;1-20(2)10-17-16(8-9-27-20)18(24-23-17)19(26)22-15-11-21-25(13-15)12-14-6-4-3-5-7-14;1-16(2)10-12-13(6-7-22-16)18(17-14(12)15(19)20)11-21-8-9-23(3,4)5;1-16(2)10-13-12(6-7-22-16)14(15(19)20)17-18(13)11-21-8-9-23(3,4)5;11-10-6-12-13(8-10)7-9-4-2-1-3-5-9/h2*3-7,11,13H,8-10,12H2,1-2H3,(H,22,26)(H,23,24);2*6-11H2,1-5H3,(H,19,20);1-6,8H,7,11H2. The quantitative estimate of drug-likeness (QED) is 0.0245. The Labute approximate surface area is 663 Å². The zero-order valence-electron chi connectivity index (χ0n) is 67.9. The van der Waals surface area contributed by atoms with Gasteiger partial charge in [0.1, 0.15) is 13.5 Å². The fraction of sp³-hybridized carbons (Fsp3) is 0.476. The van der Waals surface area contributed by atoms with Gasteiger partial charge in [0.15, 0.2) is 22.8 Å². The number of nitrogens with two attached hydrogens (primary N) is 1. The van der Waals surface area contributed by atoms with Gasteiger partial charge in [-0.3, -0.25) is 33.8 Å². The number of aromatic nitrogens is 14. The third kappa shape index (κ3) is 25.8. The van der Waals surface area contributed by atoms with Gasteiger partial charge in [-0.05, 0) is 90.6 Å². The number of nitrogens with zero attached hydrogens (tertiary/aromatic N) is 12. The lowest BCUT2D eigenvalue weighted by atomic mass is 9.97. The van der Waals surface area contributed by atoms with E-state index in [1.807, 2.05) is 158 Å². The molecule has 4 aliphatic heterocycles. The third-order valence-corrected chi connectivity index (χ3v) is 22.7. The number of aromatic carboxylic acids is 2. The highest BCUT2D eigenvalue weighted by Gasteiger charge is 2.35. The summed E-state index contributed by atoms with van der Waals surface area (Å²) in [4.78, 5) is 48.5. The predicted molar refractivity (Wildman–Crippen MR) is 437 cm³/mol. The van der Waals surface area contributed by atoms with Gasteiger partial charge in [0.2, 0.25) is 0 Å². The van der Waals surface area contributed by atoms with E-state index in [0.717, 1.165) is 81.2 Å². The molecule has 2 amide bonds. The van der Waals surface area contributed by atoms with E-state index in [9.17, 15) is 29.4 Å². The van der Waals surface area contributed by atoms with E-state index in [2.05, 4.69) is 108 Å². The lowest BCUT2D eigenvalue weighted by Gasteiger charge is -2.23. The maximum absolute atomic E-state index is 12.8. The number of hydrogen-bond donors (Lipinski definition) is 7. The molecule has 11 heterocycles. The van der Waals surface area contributed by atoms with E-state index in [4.69, 9.17) is 34.2 Å². The molecule has 29 nitrogen and oxygen atoms in total. The Bertz CT molecular complexity index is 4770. The third-order valence-electron chi connectivity index (χ3n) is 19.3. The van der Waals surface area contributed by atoms with Gasteiger partial charge in [-0.1, -0.05) is 130 Å². The lowest BCUT2D eigenvalue weighted by Crippen LogP contribution is -2.28. The van der Waals surface area contributed by atoms with Crippen LogP contribution in [0.25, 0.3) is 0 Å². The Kier molecular flexibility index (Phi) is 28.5. The molecule has 3 aromatic carbocycles. The van der Waals surface area contributed by atoms with Gasteiger partial charge >= 0.3 is 11.9 Å². The Balaban J connectivity index is 0.000000152. The minimum atomic E-state index is -1.14. The second kappa shape index (κ2) is 37.8. The second-order valence-corrected chi connectivity index (χ2v) is 45.0. The SMILES string of the molecule is CC1(C)Cc2[nH]nc(C(=O)Nc3cnn(Cc4ccccc4)c3)c2CCO1.CC1(C)Cc2c(C(=O)Nc3cnn(Cc4ccccc4)c3)n[nH]c2CCO1.CC1(C)Cc2c(C(=O)O)nn(COCC[Si](C)(C)C)c2CCO1.CC1(C)Cc2c(c(C(=O)O)nn2COCC[Si](C)(C)C)CCO1.Nc1cnn(Cc2ccccc2)c1. The van der Waals surface area contributed by atoms with Crippen LogP contribution in [-0.2, 0) is 113 Å². The number of H-pyrrole nitrogens is 2. The Morgan fingerprint density at radius 2 is 0.858 bits per heavy atom. The monoisotopic (exact) mass is 1580 g/mol. The molecule has 4 aliphatic rings. The summed E-state index contributed by atoms with van der Waals surface area (Å²) in [5, 5.41) is 60.5. The number of rotatable bonds is 22. The number of nitrogen functional groups attached to an aromatic ring is 1. The van der Waals surface area contributed by atoms with Crippen LogP contribution in [0.5, 0.6) is 0 Å². The molecular weight excluding hydrogens is 1470 g/mol. The Hall–Kier alpha value is -10.00. The van der Waals surface area contributed by atoms with Crippen molar-refractivity contribution in [3.63, 3.8) is 0 Å². The predicted octanol–water partition coefficient (Wildman–Crippen LogP) is 12.7. The molecule has 31 heteroatoms. The molecule has 0 unspecified atom stereocenters. The van der Waals surface area contributed by atoms with Crippen molar-refractivity contribution in [2.24, 2.45) is 0 Å². The molecule has 0 spiro atoms. The number of aromatic amines is 2. The summed E-state index contributed by atoms with van der Waals surface area (Å²) in [5.41, 5.74) is 18.2. The van der Waals surface area contributed by atoms with Crippen LogP contribution >= 0.6 is 0 Å². The smallest absolute Gasteiger partial charge is 0.356 e. The summed E-state index contributed by atoms with van der Waals surface area (Å²) >= 11 is 0. The van der Waals surface area contributed by atoms with Crippen LogP contribution in [0, 0.1) is 0 Å². The first-order chi connectivity index (χ1) is 53.5. The van der Waals surface area contributed by atoms with Crippen LogP contribution in [-0.4, -0.2) is 181 Å². The van der Waals surface area contributed by atoms with E-state index >= 15 is 0 Å². The topological polar surface area (TPSA) is 361 Å². The molecule has 7 aromatic heterocycles. The molecule has 8 N–H and O–H groups in total. The van der Waals surface area contributed by atoms with Gasteiger partial charge < -0.3 is 55.0 Å². The van der Waals surface area contributed by atoms with Crippen molar-refractivity contribution in [1.29, 1.82) is 0 Å². The van der Waals surface area contributed by atoms with E-state index in [0.29, 0.717) is 140 Å². The van der Waals surface area contributed by atoms with Gasteiger partial charge in [0.05, 0.1) is 104 Å². The summed E-state index contributed by atoms with van der Waals surface area (Å²) in [5.74, 6) is -2.43. The van der Waals surface area contributed by atoms with Crippen LogP contribution in [0.4, 0.5) is 17.1 Å². The molecule has 0 aliphatic carbocycles. The molecule has 10 aromatic rings. The first kappa shape index (κ1) is 85.4. The fourth-order valence-corrected chi connectivity index (χ4v) is 14.9. The molecule has 14 rings (SSSR count). The highest BCUT2D eigenvalue weighted by Crippen LogP contribution is 2.32. The summed E-state index contributed by atoms with van der Waals surface area (Å²) in [6.07, 6.45) is 15.6. The molecule has 0 saturated carbocycles. The first-order valence-electron chi connectivity index (χ1n) is 38.6. The first-order valence-corrected chi connectivity index (χ1v) is 46.0. The van der Waals surface area contributed by atoms with Crippen LogP contribution in [0.2, 0.25) is 51.4 Å².